The van der Waals surface area contributed by atoms with E-state index in [-0.39, 0.29) is 22.9 Å². The fourth-order valence-electron chi connectivity index (χ4n) is 3.15. The molecule has 1 N–H and O–H groups in total. The van der Waals surface area contributed by atoms with E-state index in [1.165, 1.54) is 12.1 Å². The quantitative estimate of drug-likeness (QED) is 0.800. The molecule has 136 valence electrons. The Bertz CT molecular complexity index is 873. The summed E-state index contributed by atoms with van der Waals surface area (Å²) in [5, 5.41) is 3.72. The lowest BCUT2D eigenvalue weighted by molar-refractivity contribution is -0.133. The summed E-state index contributed by atoms with van der Waals surface area (Å²) in [4.78, 5) is 22.9. The number of fused-ring (bicyclic) bond motifs is 1. The first kappa shape index (κ1) is 17.5. The summed E-state index contributed by atoms with van der Waals surface area (Å²) in [7, 11) is 0. The Kier molecular flexibility index (Phi) is 4.71. The van der Waals surface area contributed by atoms with E-state index in [4.69, 9.17) is 23.2 Å². The first-order chi connectivity index (χ1) is 12.5. The Morgan fingerprint density at radius 2 is 2.12 bits per heavy atom. The molecule has 8 heteroatoms. The van der Waals surface area contributed by atoms with Gasteiger partial charge in [-0.3, -0.25) is 4.79 Å². The average Bonchev–Trinajstić information content (AvgIpc) is 3.45. The lowest BCUT2D eigenvalue weighted by atomic mass is 10.1. The topological polar surface area (TPSA) is 58.1 Å². The normalized spacial score (nSPS) is 16.3. The number of hydrogen-bond donors (Lipinski definition) is 1. The van der Waals surface area contributed by atoms with Crippen molar-refractivity contribution in [1.29, 1.82) is 0 Å². The monoisotopic (exact) mass is 394 g/mol. The average molecular weight is 395 g/mol. The molecule has 26 heavy (non-hydrogen) atoms. The number of aromatic nitrogens is 2. The van der Waals surface area contributed by atoms with Crippen molar-refractivity contribution < 1.29 is 9.18 Å². The standard InChI is InChI=1S/C18H17Cl2FN4O/c19-14-7-12(21)4-3-11(14)8-22-16-13-9-25(17(26)10-1-2-10)6-5-15(13)23-18(20)24-16/h3-4,7,10H,1-2,5-6,8-9H2,(H,22,23,24). The van der Waals surface area contributed by atoms with Crippen LogP contribution < -0.4 is 5.32 Å². The van der Waals surface area contributed by atoms with E-state index in [1.807, 2.05) is 4.90 Å². The number of hydrogen-bond acceptors (Lipinski definition) is 4. The van der Waals surface area contributed by atoms with Gasteiger partial charge < -0.3 is 10.2 Å². The zero-order chi connectivity index (χ0) is 18.3. The van der Waals surface area contributed by atoms with Gasteiger partial charge in [-0.2, -0.15) is 0 Å². The van der Waals surface area contributed by atoms with E-state index < -0.39 is 0 Å². The van der Waals surface area contributed by atoms with Gasteiger partial charge in [0, 0.05) is 36.0 Å². The molecular weight excluding hydrogens is 378 g/mol. The summed E-state index contributed by atoms with van der Waals surface area (Å²) in [6, 6.07) is 4.27. The number of nitrogens with zero attached hydrogens (tertiary/aromatic N) is 3. The van der Waals surface area contributed by atoms with Crippen molar-refractivity contribution >= 4 is 34.9 Å². The number of anilines is 1. The second-order valence-electron chi connectivity index (χ2n) is 6.64. The summed E-state index contributed by atoms with van der Waals surface area (Å²) in [6.07, 6.45) is 2.61. The van der Waals surface area contributed by atoms with Crippen LogP contribution in [0, 0.1) is 11.7 Å². The SMILES string of the molecule is O=C(C1CC1)N1CCc2nc(Cl)nc(NCc3ccc(F)cc3Cl)c2C1. The molecule has 0 atom stereocenters. The van der Waals surface area contributed by atoms with Crippen LogP contribution in [0.15, 0.2) is 18.2 Å². The van der Waals surface area contributed by atoms with Gasteiger partial charge in [-0.1, -0.05) is 17.7 Å². The first-order valence-electron chi connectivity index (χ1n) is 8.53. The van der Waals surface area contributed by atoms with Crippen molar-refractivity contribution in [3.63, 3.8) is 0 Å². The lowest BCUT2D eigenvalue weighted by Gasteiger charge is -2.29. The van der Waals surface area contributed by atoms with Gasteiger partial charge in [0.15, 0.2) is 0 Å². The Morgan fingerprint density at radius 3 is 2.85 bits per heavy atom. The van der Waals surface area contributed by atoms with Gasteiger partial charge >= 0.3 is 0 Å². The van der Waals surface area contributed by atoms with Crippen molar-refractivity contribution in [3.8, 4) is 0 Å². The summed E-state index contributed by atoms with van der Waals surface area (Å²) >= 11 is 12.1. The molecule has 0 unspecified atom stereocenters. The molecule has 0 radical (unpaired) electrons. The van der Waals surface area contributed by atoms with Gasteiger partial charge in [-0.25, -0.2) is 14.4 Å². The van der Waals surface area contributed by atoms with Crippen molar-refractivity contribution in [1.82, 2.24) is 14.9 Å². The van der Waals surface area contributed by atoms with Gasteiger partial charge in [-0.05, 0) is 42.1 Å². The third-order valence-corrected chi connectivity index (χ3v) is 5.25. The highest BCUT2D eigenvalue weighted by atomic mass is 35.5. The van der Waals surface area contributed by atoms with E-state index in [0.29, 0.717) is 36.9 Å². The molecule has 2 aliphatic rings. The van der Waals surface area contributed by atoms with Crippen LogP contribution in [-0.4, -0.2) is 27.3 Å². The largest absolute Gasteiger partial charge is 0.365 e. The van der Waals surface area contributed by atoms with Crippen LogP contribution in [0.2, 0.25) is 10.3 Å². The highest BCUT2D eigenvalue weighted by molar-refractivity contribution is 6.31. The van der Waals surface area contributed by atoms with Crippen LogP contribution in [0.25, 0.3) is 0 Å². The summed E-state index contributed by atoms with van der Waals surface area (Å²) < 4.78 is 13.2. The van der Waals surface area contributed by atoms with Crippen LogP contribution in [0.5, 0.6) is 0 Å². The third-order valence-electron chi connectivity index (χ3n) is 4.73. The molecule has 5 nitrogen and oxygen atoms in total. The minimum atomic E-state index is -0.379. The molecule has 2 heterocycles. The Labute approximate surface area is 160 Å². The molecule has 1 saturated carbocycles. The predicted octanol–water partition coefficient (Wildman–Crippen LogP) is 3.83. The minimum Gasteiger partial charge on any atom is -0.365 e. The molecule has 4 rings (SSSR count). The highest BCUT2D eigenvalue weighted by Crippen LogP contribution is 2.34. The van der Waals surface area contributed by atoms with Crippen LogP contribution in [-0.2, 0) is 24.3 Å². The van der Waals surface area contributed by atoms with Crippen LogP contribution >= 0.6 is 23.2 Å². The Hall–Kier alpha value is -1.92. The number of nitrogens with one attached hydrogen (secondary N) is 1. The van der Waals surface area contributed by atoms with E-state index in [1.54, 1.807) is 6.07 Å². The van der Waals surface area contributed by atoms with E-state index in [2.05, 4.69) is 15.3 Å². The molecular formula is C18H17Cl2FN4O. The molecule has 0 saturated heterocycles. The minimum absolute atomic E-state index is 0.165. The van der Waals surface area contributed by atoms with Gasteiger partial charge in [-0.15, -0.1) is 0 Å². The molecule has 0 spiro atoms. The number of carbonyl (C=O) groups excluding carboxylic acids is 1. The van der Waals surface area contributed by atoms with Gasteiger partial charge in [0.05, 0.1) is 12.2 Å². The maximum absolute atomic E-state index is 13.2. The molecule has 1 aliphatic carbocycles. The predicted molar refractivity (Wildman–Crippen MR) is 97.6 cm³/mol. The first-order valence-corrected chi connectivity index (χ1v) is 9.28. The third kappa shape index (κ3) is 3.62. The van der Waals surface area contributed by atoms with Gasteiger partial charge in [0.1, 0.15) is 11.6 Å². The number of rotatable bonds is 4. The number of halogens is 3. The molecule has 0 bridgehead atoms. The molecule has 2 aromatic rings. The van der Waals surface area contributed by atoms with E-state index >= 15 is 0 Å². The smallest absolute Gasteiger partial charge is 0.225 e. The number of carbonyl (C=O) groups is 1. The van der Waals surface area contributed by atoms with Crippen molar-refractivity contribution in [3.05, 3.63) is 51.1 Å². The molecule has 1 amide bonds. The molecule has 1 aromatic carbocycles. The summed E-state index contributed by atoms with van der Waals surface area (Å²) in [5.74, 6) is 0.599. The van der Waals surface area contributed by atoms with E-state index in [0.717, 1.165) is 29.7 Å². The van der Waals surface area contributed by atoms with E-state index in [9.17, 15) is 9.18 Å². The van der Waals surface area contributed by atoms with Crippen molar-refractivity contribution in [2.24, 2.45) is 5.92 Å². The Balaban J connectivity index is 1.56. The van der Waals surface area contributed by atoms with Gasteiger partial charge in [0.2, 0.25) is 11.2 Å². The molecule has 1 aliphatic heterocycles. The lowest BCUT2D eigenvalue weighted by Crippen LogP contribution is -2.37. The van der Waals surface area contributed by atoms with Crippen molar-refractivity contribution in [2.75, 3.05) is 11.9 Å². The Morgan fingerprint density at radius 1 is 1.31 bits per heavy atom. The van der Waals surface area contributed by atoms with Crippen LogP contribution in [0.1, 0.15) is 29.7 Å². The summed E-state index contributed by atoms with van der Waals surface area (Å²) in [5.41, 5.74) is 2.49. The fourth-order valence-corrected chi connectivity index (χ4v) is 3.57. The van der Waals surface area contributed by atoms with Crippen molar-refractivity contribution in [2.45, 2.75) is 32.4 Å². The second-order valence-corrected chi connectivity index (χ2v) is 7.39. The maximum atomic E-state index is 13.2. The van der Waals surface area contributed by atoms with Crippen LogP contribution in [0.3, 0.4) is 0 Å². The molecule has 1 fully saturated rings. The zero-order valence-electron chi connectivity index (χ0n) is 13.9. The zero-order valence-corrected chi connectivity index (χ0v) is 15.4. The fraction of sp³-hybridized carbons (Fsp3) is 0.389. The maximum Gasteiger partial charge on any atom is 0.225 e. The summed E-state index contributed by atoms with van der Waals surface area (Å²) in [6.45, 7) is 1.50. The highest BCUT2D eigenvalue weighted by Gasteiger charge is 2.35. The van der Waals surface area contributed by atoms with Gasteiger partial charge in [0.25, 0.3) is 0 Å². The van der Waals surface area contributed by atoms with Crippen LogP contribution in [0.4, 0.5) is 10.2 Å². The number of benzene rings is 1. The number of amides is 1. The second kappa shape index (κ2) is 7.00. The molecule has 1 aromatic heterocycles.